The van der Waals surface area contributed by atoms with Crippen molar-refractivity contribution in [2.75, 3.05) is 24.5 Å². The smallest absolute Gasteiger partial charge is 0.410 e. The summed E-state index contributed by atoms with van der Waals surface area (Å²) < 4.78 is 5.62. The van der Waals surface area contributed by atoms with Gasteiger partial charge < -0.3 is 14.5 Å². The van der Waals surface area contributed by atoms with Gasteiger partial charge in [-0.25, -0.2) is 9.78 Å². The molecule has 1 aliphatic rings. The lowest BCUT2D eigenvalue weighted by molar-refractivity contribution is 0.0178. The van der Waals surface area contributed by atoms with Crippen molar-refractivity contribution in [2.45, 2.75) is 52.2 Å². The van der Waals surface area contributed by atoms with Gasteiger partial charge in [0.2, 0.25) is 5.28 Å². The molecular weight excluding hydrogens is 364 g/mol. The molecule has 2 heterocycles. The Morgan fingerprint density at radius 3 is 2.78 bits per heavy atom. The summed E-state index contributed by atoms with van der Waals surface area (Å²) >= 11 is 6.14. The van der Waals surface area contributed by atoms with E-state index in [-0.39, 0.29) is 17.4 Å². The number of carbonyl (C=O) groups excluding carboxylic acids is 1. The van der Waals surface area contributed by atoms with Crippen molar-refractivity contribution in [2.24, 2.45) is 0 Å². The molecule has 1 saturated heterocycles. The first-order valence-corrected chi connectivity index (χ1v) is 9.83. The van der Waals surface area contributed by atoms with Gasteiger partial charge in [-0.3, -0.25) is 0 Å². The summed E-state index contributed by atoms with van der Waals surface area (Å²) in [5.74, 6) is 0.828. The fourth-order valence-corrected chi connectivity index (χ4v) is 3.62. The number of carbonyl (C=O) groups is 1. The standard InChI is InChI=1S/C20H27ClN4O2/c1-5-11-25(19(26)27-20(2,3)4)14-10-12-24(13-14)17-15-8-6-7-9-16(15)22-18(21)23-17/h6-9,14H,5,10-13H2,1-4H3. The van der Waals surface area contributed by atoms with Crippen LogP contribution in [0.3, 0.4) is 0 Å². The summed E-state index contributed by atoms with van der Waals surface area (Å²) in [6.45, 7) is 9.95. The SMILES string of the molecule is CCCN(C(=O)OC(C)(C)C)C1CCN(c2nc(Cl)nc3ccccc23)C1. The molecule has 0 spiro atoms. The van der Waals surface area contributed by atoms with Crippen LogP contribution in [0, 0.1) is 0 Å². The van der Waals surface area contributed by atoms with Crippen LogP contribution in [-0.4, -0.2) is 52.2 Å². The van der Waals surface area contributed by atoms with Crippen LogP contribution in [0.15, 0.2) is 24.3 Å². The molecule has 1 aromatic carbocycles. The molecule has 0 aliphatic carbocycles. The van der Waals surface area contributed by atoms with E-state index in [0.717, 1.165) is 36.1 Å². The molecule has 1 aromatic heterocycles. The first-order chi connectivity index (χ1) is 12.8. The summed E-state index contributed by atoms with van der Waals surface area (Å²) in [5.41, 5.74) is 0.325. The van der Waals surface area contributed by atoms with Gasteiger partial charge in [0.1, 0.15) is 11.4 Å². The molecule has 3 rings (SSSR count). The van der Waals surface area contributed by atoms with E-state index in [1.54, 1.807) is 0 Å². The number of para-hydroxylation sites is 1. The van der Waals surface area contributed by atoms with E-state index in [2.05, 4.69) is 21.8 Å². The van der Waals surface area contributed by atoms with Gasteiger partial charge in [-0.1, -0.05) is 19.1 Å². The number of nitrogens with zero attached hydrogens (tertiary/aromatic N) is 4. The van der Waals surface area contributed by atoms with E-state index >= 15 is 0 Å². The summed E-state index contributed by atoms with van der Waals surface area (Å²) in [5, 5.41) is 1.21. The molecule has 0 N–H and O–H groups in total. The van der Waals surface area contributed by atoms with E-state index in [1.165, 1.54) is 0 Å². The Kier molecular flexibility index (Phi) is 5.75. The molecule has 0 saturated carbocycles. The van der Waals surface area contributed by atoms with Gasteiger partial charge in [-0.15, -0.1) is 0 Å². The monoisotopic (exact) mass is 390 g/mol. The second-order valence-corrected chi connectivity index (χ2v) is 8.23. The number of anilines is 1. The second kappa shape index (κ2) is 7.89. The fourth-order valence-electron chi connectivity index (χ4n) is 3.45. The minimum atomic E-state index is -0.502. The molecule has 1 unspecified atom stereocenters. The number of fused-ring (bicyclic) bond motifs is 1. The molecule has 27 heavy (non-hydrogen) atoms. The lowest BCUT2D eigenvalue weighted by atomic mass is 10.2. The number of benzene rings is 1. The van der Waals surface area contributed by atoms with Gasteiger partial charge in [0.25, 0.3) is 0 Å². The third-order valence-electron chi connectivity index (χ3n) is 4.55. The third-order valence-corrected chi connectivity index (χ3v) is 4.72. The molecule has 0 radical (unpaired) electrons. The first kappa shape index (κ1) is 19.7. The normalized spacial score (nSPS) is 17.4. The van der Waals surface area contributed by atoms with Gasteiger partial charge in [-0.05, 0) is 57.3 Å². The molecule has 0 bridgehead atoms. The van der Waals surface area contributed by atoms with E-state index in [1.807, 2.05) is 49.9 Å². The number of rotatable bonds is 4. The Balaban J connectivity index is 1.82. The molecule has 6 nitrogen and oxygen atoms in total. The van der Waals surface area contributed by atoms with Crippen molar-refractivity contribution in [3.63, 3.8) is 0 Å². The van der Waals surface area contributed by atoms with Gasteiger partial charge in [-0.2, -0.15) is 4.98 Å². The van der Waals surface area contributed by atoms with E-state index in [0.29, 0.717) is 13.1 Å². The molecule has 1 amide bonds. The van der Waals surface area contributed by atoms with Crippen molar-refractivity contribution < 1.29 is 9.53 Å². The Labute approximate surface area is 165 Å². The lowest BCUT2D eigenvalue weighted by Crippen LogP contribution is -2.45. The maximum Gasteiger partial charge on any atom is 0.410 e. The van der Waals surface area contributed by atoms with Crippen molar-refractivity contribution in [1.29, 1.82) is 0 Å². The first-order valence-electron chi connectivity index (χ1n) is 9.45. The van der Waals surface area contributed by atoms with Crippen LogP contribution >= 0.6 is 11.6 Å². The van der Waals surface area contributed by atoms with Crippen LogP contribution in [0.1, 0.15) is 40.5 Å². The molecular formula is C20H27ClN4O2. The van der Waals surface area contributed by atoms with Crippen LogP contribution in [-0.2, 0) is 4.74 Å². The average molecular weight is 391 g/mol. The largest absolute Gasteiger partial charge is 0.444 e. The van der Waals surface area contributed by atoms with E-state index in [9.17, 15) is 4.79 Å². The molecule has 1 aliphatic heterocycles. The summed E-state index contributed by atoms with van der Waals surface area (Å²) in [7, 11) is 0. The highest BCUT2D eigenvalue weighted by Gasteiger charge is 2.34. The summed E-state index contributed by atoms with van der Waals surface area (Å²) in [6, 6.07) is 7.94. The molecule has 1 atom stereocenters. The van der Waals surface area contributed by atoms with Crippen LogP contribution in [0.25, 0.3) is 10.9 Å². The zero-order valence-corrected chi connectivity index (χ0v) is 17.2. The Hall–Kier alpha value is -2.08. The van der Waals surface area contributed by atoms with Crippen LogP contribution in [0.5, 0.6) is 0 Å². The minimum absolute atomic E-state index is 0.0901. The zero-order chi connectivity index (χ0) is 19.6. The lowest BCUT2D eigenvalue weighted by Gasteiger charge is -2.31. The van der Waals surface area contributed by atoms with E-state index in [4.69, 9.17) is 16.3 Å². The number of ether oxygens (including phenoxy) is 1. The topological polar surface area (TPSA) is 58.6 Å². The van der Waals surface area contributed by atoms with Crippen molar-refractivity contribution >= 4 is 34.4 Å². The van der Waals surface area contributed by atoms with Crippen LogP contribution in [0.4, 0.5) is 10.6 Å². The molecule has 2 aromatic rings. The maximum atomic E-state index is 12.7. The van der Waals surface area contributed by atoms with Gasteiger partial charge in [0, 0.05) is 25.0 Å². The highest BCUT2D eigenvalue weighted by Crippen LogP contribution is 2.29. The predicted molar refractivity (Wildman–Crippen MR) is 108 cm³/mol. The number of hydrogen-bond acceptors (Lipinski definition) is 5. The van der Waals surface area contributed by atoms with E-state index < -0.39 is 5.60 Å². The number of halogens is 1. The highest BCUT2D eigenvalue weighted by molar-refractivity contribution is 6.28. The molecule has 1 fully saturated rings. The Morgan fingerprint density at radius 1 is 1.33 bits per heavy atom. The minimum Gasteiger partial charge on any atom is -0.444 e. The van der Waals surface area contributed by atoms with Crippen molar-refractivity contribution in [1.82, 2.24) is 14.9 Å². The van der Waals surface area contributed by atoms with Gasteiger partial charge in [0.05, 0.1) is 11.6 Å². The molecule has 146 valence electrons. The molecule has 7 heteroatoms. The fraction of sp³-hybridized carbons (Fsp3) is 0.550. The Bertz CT molecular complexity index is 821. The summed E-state index contributed by atoms with van der Waals surface area (Å²) in [4.78, 5) is 25.5. The Morgan fingerprint density at radius 2 is 2.07 bits per heavy atom. The van der Waals surface area contributed by atoms with Gasteiger partial charge >= 0.3 is 6.09 Å². The van der Waals surface area contributed by atoms with Crippen LogP contribution in [0.2, 0.25) is 5.28 Å². The summed E-state index contributed by atoms with van der Waals surface area (Å²) in [6.07, 6.45) is 1.51. The van der Waals surface area contributed by atoms with Crippen molar-refractivity contribution in [3.05, 3.63) is 29.5 Å². The average Bonchev–Trinajstić information content (AvgIpc) is 3.06. The predicted octanol–water partition coefficient (Wildman–Crippen LogP) is 4.51. The highest BCUT2D eigenvalue weighted by atomic mass is 35.5. The van der Waals surface area contributed by atoms with Gasteiger partial charge in [0.15, 0.2) is 0 Å². The second-order valence-electron chi connectivity index (χ2n) is 7.90. The van der Waals surface area contributed by atoms with Crippen LogP contribution < -0.4 is 4.90 Å². The number of amides is 1. The number of aromatic nitrogens is 2. The number of hydrogen-bond donors (Lipinski definition) is 0. The third kappa shape index (κ3) is 4.61. The van der Waals surface area contributed by atoms with Crippen molar-refractivity contribution in [3.8, 4) is 0 Å². The quantitative estimate of drug-likeness (QED) is 0.719. The maximum absolute atomic E-state index is 12.7. The zero-order valence-electron chi connectivity index (χ0n) is 16.4.